The Kier molecular flexibility index (Phi) is 6.89. The molecule has 0 atom stereocenters. The second-order valence-electron chi connectivity index (χ2n) is 6.22. The van der Waals surface area contributed by atoms with Gasteiger partial charge in [0.25, 0.3) is 5.91 Å². The number of amides is 1. The van der Waals surface area contributed by atoms with Crippen LogP contribution in [0.1, 0.15) is 5.56 Å². The number of para-hydroxylation sites is 1. The van der Waals surface area contributed by atoms with Crippen LogP contribution >= 0.6 is 0 Å². The number of aromatic hydroxyl groups is 1. The molecule has 7 heteroatoms. The first-order chi connectivity index (χ1) is 14.6. The Bertz CT molecular complexity index is 1010. The maximum Gasteiger partial charge on any atom is 0.277 e. The van der Waals surface area contributed by atoms with Crippen LogP contribution in [0.4, 0.5) is 0 Å². The highest BCUT2D eigenvalue weighted by atomic mass is 16.5. The fourth-order valence-corrected chi connectivity index (χ4v) is 2.79. The van der Waals surface area contributed by atoms with Gasteiger partial charge in [0.05, 0.1) is 20.4 Å². The van der Waals surface area contributed by atoms with Crippen molar-refractivity contribution in [2.24, 2.45) is 5.10 Å². The molecule has 1 amide bonds. The third kappa shape index (κ3) is 5.08. The Morgan fingerprint density at radius 1 is 0.967 bits per heavy atom. The number of nitrogens with zero attached hydrogens (tertiary/aromatic N) is 1. The van der Waals surface area contributed by atoms with Crippen molar-refractivity contribution in [1.29, 1.82) is 0 Å². The monoisotopic (exact) mass is 406 g/mol. The van der Waals surface area contributed by atoms with E-state index < -0.39 is 5.91 Å². The fourth-order valence-electron chi connectivity index (χ4n) is 2.79. The molecule has 0 aliphatic rings. The van der Waals surface area contributed by atoms with Gasteiger partial charge in [0, 0.05) is 11.1 Å². The average molecular weight is 406 g/mol. The number of hydrogen-bond acceptors (Lipinski definition) is 6. The maximum atomic E-state index is 12.1. The van der Waals surface area contributed by atoms with E-state index in [9.17, 15) is 9.90 Å². The van der Waals surface area contributed by atoms with Crippen molar-refractivity contribution in [3.05, 3.63) is 72.3 Å². The maximum absolute atomic E-state index is 12.1. The highest BCUT2D eigenvalue weighted by Gasteiger charge is 2.11. The molecule has 2 N–H and O–H groups in total. The van der Waals surface area contributed by atoms with E-state index in [0.717, 1.165) is 11.1 Å². The van der Waals surface area contributed by atoms with Crippen LogP contribution in [0.5, 0.6) is 23.0 Å². The van der Waals surface area contributed by atoms with Crippen LogP contribution in [0.25, 0.3) is 11.1 Å². The average Bonchev–Trinajstić information content (AvgIpc) is 2.79. The number of ether oxygens (including phenoxy) is 3. The molecule has 3 aromatic carbocycles. The number of carbonyl (C=O) groups is 1. The molecule has 0 bridgehead atoms. The molecule has 0 aliphatic carbocycles. The fraction of sp³-hybridized carbons (Fsp3) is 0.130. The van der Waals surface area contributed by atoms with Crippen molar-refractivity contribution >= 4 is 12.1 Å². The molecule has 0 saturated carbocycles. The number of carbonyl (C=O) groups excluding carboxylic acids is 1. The van der Waals surface area contributed by atoms with Gasteiger partial charge in [-0.15, -0.1) is 0 Å². The van der Waals surface area contributed by atoms with E-state index in [1.807, 2.05) is 54.6 Å². The van der Waals surface area contributed by atoms with Gasteiger partial charge in [-0.3, -0.25) is 4.79 Å². The van der Waals surface area contributed by atoms with E-state index in [1.165, 1.54) is 20.4 Å². The molecule has 154 valence electrons. The minimum atomic E-state index is -0.410. The molecule has 3 rings (SSSR count). The highest BCUT2D eigenvalue weighted by Crippen LogP contribution is 2.36. The number of benzene rings is 3. The summed E-state index contributed by atoms with van der Waals surface area (Å²) in [5.41, 5.74) is 4.89. The van der Waals surface area contributed by atoms with Crippen LogP contribution in [-0.4, -0.2) is 38.1 Å². The van der Waals surface area contributed by atoms with Crippen LogP contribution in [0.2, 0.25) is 0 Å². The quantitative estimate of drug-likeness (QED) is 0.441. The van der Waals surface area contributed by atoms with Gasteiger partial charge in [0.15, 0.2) is 18.1 Å². The zero-order valence-corrected chi connectivity index (χ0v) is 16.7. The van der Waals surface area contributed by atoms with Crippen molar-refractivity contribution in [2.75, 3.05) is 20.8 Å². The number of hydrazone groups is 1. The summed E-state index contributed by atoms with van der Waals surface area (Å²) in [6.07, 6.45) is 1.42. The second kappa shape index (κ2) is 9.97. The first kappa shape index (κ1) is 20.7. The van der Waals surface area contributed by atoms with Crippen LogP contribution in [0.3, 0.4) is 0 Å². The van der Waals surface area contributed by atoms with Crippen molar-refractivity contribution in [1.82, 2.24) is 5.43 Å². The Labute approximate surface area is 174 Å². The van der Waals surface area contributed by atoms with Gasteiger partial charge in [-0.1, -0.05) is 48.5 Å². The molecule has 0 aliphatic heterocycles. The first-order valence-electron chi connectivity index (χ1n) is 9.16. The smallest absolute Gasteiger partial charge is 0.277 e. The zero-order chi connectivity index (χ0) is 21.3. The van der Waals surface area contributed by atoms with Gasteiger partial charge in [-0.2, -0.15) is 5.10 Å². The summed E-state index contributed by atoms with van der Waals surface area (Å²) in [6.45, 7) is -0.191. The molecule has 0 aromatic heterocycles. The van der Waals surface area contributed by atoms with Crippen molar-refractivity contribution in [2.45, 2.75) is 0 Å². The molecule has 0 fully saturated rings. The molecule has 0 unspecified atom stereocenters. The predicted octanol–water partition coefficient (Wildman–Crippen LogP) is 3.61. The molecule has 3 aromatic rings. The number of nitrogens with one attached hydrogen (secondary N) is 1. The standard InChI is InChI=1S/C23H22N2O5/c1-28-20-12-16(13-21(29-2)23(20)27)14-24-25-22(26)15-30-19-11-7-6-10-18(19)17-8-4-3-5-9-17/h3-14,27H,15H2,1-2H3,(H,25,26)/b24-14+. The summed E-state index contributed by atoms with van der Waals surface area (Å²) in [6, 6.07) is 20.4. The topological polar surface area (TPSA) is 89.4 Å². The summed E-state index contributed by atoms with van der Waals surface area (Å²) in [5.74, 6) is 0.570. The van der Waals surface area contributed by atoms with Crippen molar-refractivity contribution < 1.29 is 24.1 Å². The highest BCUT2D eigenvalue weighted by molar-refractivity contribution is 5.84. The minimum Gasteiger partial charge on any atom is -0.502 e. The summed E-state index contributed by atoms with van der Waals surface area (Å²) < 4.78 is 15.9. The van der Waals surface area contributed by atoms with E-state index in [0.29, 0.717) is 11.3 Å². The third-order valence-electron chi connectivity index (χ3n) is 4.24. The number of phenols is 1. The zero-order valence-electron chi connectivity index (χ0n) is 16.7. The van der Waals surface area contributed by atoms with E-state index in [-0.39, 0.29) is 23.9 Å². The molecule has 0 radical (unpaired) electrons. The van der Waals surface area contributed by atoms with Crippen molar-refractivity contribution in [3.8, 4) is 34.1 Å². The summed E-state index contributed by atoms with van der Waals surface area (Å²) in [5, 5.41) is 13.8. The van der Waals surface area contributed by atoms with Gasteiger partial charge in [-0.05, 0) is 23.8 Å². The second-order valence-corrected chi connectivity index (χ2v) is 6.22. The van der Waals surface area contributed by atoms with Crippen LogP contribution in [0.15, 0.2) is 71.8 Å². The van der Waals surface area contributed by atoms with Crippen LogP contribution in [0, 0.1) is 0 Å². The molecular weight excluding hydrogens is 384 g/mol. The van der Waals surface area contributed by atoms with E-state index >= 15 is 0 Å². The summed E-state index contributed by atoms with van der Waals surface area (Å²) >= 11 is 0. The first-order valence-corrected chi connectivity index (χ1v) is 9.16. The van der Waals surface area contributed by atoms with Gasteiger partial charge in [0.1, 0.15) is 5.75 Å². The van der Waals surface area contributed by atoms with Gasteiger partial charge >= 0.3 is 0 Å². The number of phenolic OH excluding ortho intramolecular Hbond substituents is 1. The lowest BCUT2D eigenvalue weighted by atomic mass is 10.1. The van der Waals surface area contributed by atoms with Crippen LogP contribution in [-0.2, 0) is 4.79 Å². The van der Waals surface area contributed by atoms with E-state index in [2.05, 4.69) is 10.5 Å². The SMILES string of the molecule is COc1cc(/C=N/NC(=O)COc2ccccc2-c2ccccc2)cc(OC)c1O. The molecule has 7 nitrogen and oxygen atoms in total. The molecular formula is C23H22N2O5. The van der Waals surface area contributed by atoms with Crippen molar-refractivity contribution in [3.63, 3.8) is 0 Å². The predicted molar refractivity (Wildman–Crippen MR) is 114 cm³/mol. The lowest BCUT2D eigenvalue weighted by molar-refractivity contribution is -0.123. The normalized spacial score (nSPS) is 10.6. The summed E-state index contributed by atoms with van der Waals surface area (Å²) in [7, 11) is 2.86. The van der Waals surface area contributed by atoms with Gasteiger partial charge in [-0.25, -0.2) is 5.43 Å². The Hall–Kier alpha value is -4.00. The Morgan fingerprint density at radius 3 is 2.27 bits per heavy atom. The van der Waals surface area contributed by atoms with E-state index in [1.54, 1.807) is 12.1 Å². The number of hydrogen-bond donors (Lipinski definition) is 2. The molecule has 0 saturated heterocycles. The third-order valence-corrected chi connectivity index (χ3v) is 4.24. The minimum absolute atomic E-state index is 0.105. The lowest BCUT2D eigenvalue weighted by Gasteiger charge is -2.11. The molecule has 0 heterocycles. The molecule has 30 heavy (non-hydrogen) atoms. The van der Waals surface area contributed by atoms with Gasteiger partial charge in [0.2, 0.25) is 5.75 Å². The van der Waals surface area contributed by atoms with Crippen LogP contribution < -0.4 is 19.6 Å². The van der Waals surface area contributed by atoms with Gasteiger partial charge < -0.3 is 19.3 Å². The number of methoxy groups -OCH3 is 2. The summed E-state index contributed by atoms with van der Waals surface area (Å²) in [4.78, 5) is 12.1. The number of rotatable bonds is 8. The molecule has 0 spiro atoms. The lowest BCUT2D eigenvalue weighted by Crippen LogP contribution is -2.24. The largest absolute Gasteiger partial charge is 0.502 e. The Morgan fingerprint density at radius 2 is 1.60 bits per heavy atom. The van der Waals surface area contributed by atoms with E-state index in [4.69, 9.17) is 14.2 Å². The Balaban J connectivity index is 1.61.